The first-order valence-electron chi connectivity index (χ1n) is 6.33. The highest BCUT2D eigenvalue weighted by Gasteiger charge is 2.07. The van der Waals surface area contributed by atoms with Crippen LogP contribution in [-0.2, 0) is 0 Å². The van der Waals surface area contributed by atoms with Crippen LogP contribution >= 0.6 is 0 Å². The molecule has 0 unspecified atom stereocenters. The van der Waals surface area contributed by atoms with Crippen LogP contribution in [0.4, 0.5) is 0 Å². The molecule has 0 saturated carbocycles. The van der Waals surface area contributed by atoms with Crippen molar-refractivity contribution < 1.29 is 5.11 Å². The van der Waals surface area contributed by atoms with Crippen molar-refractivity contribution in [3.63, 3.8) is 0 Å². The molecule has 0 aliphatic rings. The Hall–Kier alpha value is -2.81. The summed E-state index contributed by atoms with van der Waals surface area (Å²) in [6, 6.07) is 16.8. The number of nitrogens with one attached hydrogen (secondary N) is 1. The number of hydrogen-bond donors (Lipinski definition) is 2. The molecule has 2 aromatic carbocycles. The van der Waals surface area contributed by atoms with Gasteiger partial charge >= 0.3 is 0 Å². The maximum Gasteiger partial charge on any atom is 0.231 e. The van der Waals surface area contributed by atoms with E-state index < -0.39 is 0 Å². The predicted octanol–water partition coefficient (Wildman–Crippen LogP) is 3.40. The number of hydrogen-bond acceptors (Lipinski definition) is 2. The molecule has 0 bridgehead atoms. The number of aromatic hydroxyl groups is 1. The van der Waals surface area contributed by atoms with E-state index in [4.69, 9.17) is 0 Å². The van der Waals surface area contributed by atoms with Crippen LogP contribution in [0.3, 0.4) is 0 Å². The molecule has 98 valence electrons. The SMILES string of the molecule is O=c1c(O)c(C=Cc2ccccc2)[nH]c2ccccc12. The molecule has 0 aliphatic heterocycles. The fourth-order valence-electron chi connectivity index (χ4n) is 2.11. The Bertz CT molecular complexity index is 832. The first-order valence-corrected chi connectivity index (χ1v) is 6.33. The molecule has 3 rings (SSSR count). The minimum atomic E-state index is -0.355. The van der Waals surface area contributed by atoms with E-state index in [9.17, 15) is 9.90 Å². The second kappa shape index (κ2) is 5.05. The number of para-hydroxylation sites is 1. The van der Waals surface area contributed by atoms with E-state index in [0.29, 0.717) is 16.6 Å². The molecule has 0 atom stereocenters. The van der Waals surface area contributed by atoms with Crippen molar-refractivity contribution in [2.45, 2.75) is 0 Å². The van der Waals surface area contributed by atoms with Gasteiger partial charge in [-0.2, -0.15) is 0 Å². The molecule has 0 amide bonds. The van der Waals surface area contributed by atoms with Crippen molar-refractivity contribution >= 4 is 23.1 Å². The second-order valence-corrected chi connectivity index (χ2v) is 4.51. The van der Waals surface area contributed by atoms with Gasteiger partial charge in [-0.3, -0.25) is 4.79 Å². The van der Waals surface area contributed by atoms with Crippen LogP contribution in [0, 0.1) is 0 Å². The third-order valence-corrected chi connectivity index (χ3v) is 3.15. The fourth-order valence-corrected chi connectivity index (χ4v) is 2.11. The monoisotopic (exact) mass is 263 g/mol. The van der Waals surface area contributed by atoms with Crippen molar-refractivity contribution in [3.8, 4) is 5.75 Å². The lowest BCUT2D eigenvalue weighted by atomic mass is 10.1. The van der Waals surface area contributed by atoms with Gasteiger partial charge < -0.3 is 10.1 Å². The third kappa shape index (κ3) is 2.21. The third-order valence-electron chi connectivity index (χ3n) is 3.15. The van der Waals surface area contributed by atoms with Crippen LogP contribution in [0.1, 0.15) is 11.3 Å². The molecule has 0 spiro atoms. The van der Waals surface area contributed by atoms with Crippen LogP contribution in [-0.4, -0.2) is 10.1 Å². The summed E-state index contributed by atoms with van der Waals surface area (Å²) in [7, 11) is 0. The van der Waals surface area contributed by atoms with Gasteiger partial charge in [0, 0.05) is 10.9 Å². The molecular weight excluding hydrogens is 250 g/mol. The van der Waals surface area contributed by atoms with E-state index in [-0.39, 0.29) is 11.2 Å². The Kier molecular flexibility index (Phi) is 3.09. The Morgan fingerprint density at radius 1 is 0.900 bits per heavy atom. The van der Waals surface area contributed by atoms with Crippen molar-refractivity contribution in [1.29, 1.82) is 0 Å². The van der Waals surface area contributed by atoms with Crippen LogP contribution in [0.2, 0.25) is 0 Å². The van der Waals surface area contributed by atoms with Crippen molar-refractivity contribution in [2.24, 2.45) is 0 Å². The summed E-state index contributed by atoms with van der Waals surface area (Å²) >= 11 is 0. The van der Waals surface area contributed by atoms with Crippen molar-refractivity contribution in [1.82, 2.24) is 4.98 Å². The van der Waals surface area contributed by atoms with Gasteiger partial charge in [-0.1, -0.05) is 48.5 Å². The number of benzene rings is 2. The molecular formula is C17H13NO2. The van der Waals surface area contributed by atoms with Gasteiger partial charge in [0.25, 0.3) is 0 Å². The summed E-state index contributed by atoms with van der Waals surface area (Å²) in [5.74, 6) is -0.254. The summed E-state index contributed by atoms with van der Waals surface area (Å²) in [5, 5.41) is 10.5. The summed E-state index contributed by atoms with van der Waals surface area (Å²) in [6.07, 6.45) is 3.55. The molecule has 0 radical (unpaired) electrons. The van der Waals surface area contributed by atoms with E-state index in [1.54, 1.807) is 18.2 Å². The normalized spacial score (nSPS) is 11.2. The highest BCUT2D eigenvalue weighted by atomic mass is 16.3. The average molecular weight is 263 g/mol. The number of aromatic amines is 1. The summed E-state index contributed by atoms with van der Waals surface area (Å²) in [5.41, 5.74) is 1.77. The second-order valence-electron chi connectivity index (χ2n) is 4.51. The van der Waals surface area contributed by atoms with Gasteiger partial charge in [0.1, 0.15) is 0 Å². The van der Waals surface area contributed by atoms with Crippen LogP contribution < -0.4 is 5.43 Å². The summed E-state index contributed by atoms with van der Waals surface area (Å²) < 4.78 is 0. The lowest BCUT2D eigenvalue weighted by Crippen LogP contribution is -2.04. The van der Waals surface area contributed by atoms with Crippen LogP contribution in [0.15, 0.2) is 59.4 Å². The number of pyridine rings is 1. The molecule has 1 heterocycles. The van der Waals surface area contributed by atoms with E-state index in [0.717, 1.165) is 5.56 Å². The van der Waals surface area contributed by atoms with Gasteiger partial charge in [0.15, 0.2) is 5.75 Å². The van der Waals surface area contributed by atoms with E-state index in [1.165, 1.54) is 0 Å². The van der Waals surface area contributed by atoms with Gasteiger partial charge in [0.2, 0.25) is 5.43 Å². The zero-order valence-electron chi connectivity index (χ0n) is 10.7. The molecule has 3 aromatic rings. The minimum absolute atomic E-state index is 0.254. The zero-order valence-corrected chi connectivity index (χ0v) is 10.7. The Balaban J connectivity index is 2.11. The molecule has 1 aromatic heterocycles. The molecule has 20 heavy (non-hydrogen) atoms. The molecule has 2 N–H and O–H groups in total. The van der Waals surface area contributed by atoms with E-state index in [1.807, 2.05) is 48.5 Å². The van der Waals surface area contributed by atoms with Crippen LogP contribution in [0.5, 0.6) is 5.75 Å². The first-order chi connectivity index (χ1) is 9.75. The highest BCUT2D eigenvalue weighted by molar-refractivity contribution is 5.83. The van der Waals surface area contributed by atoms with Gasteiger partial charge in [-0.15, -0.1) is 0 Å². The number of H-pyrrole nitrogens is 1. The fraction of sp³-hybridized carbons (Fsp3) is 0. The van der Waals surface area contributed by atoms with Crippen molar-refractivity contribution in [3.05, 3.63) is 76.1 Å². The Morgan fingerprint density at radius 2 is 1.60 bits per heavy atom. The highest BCUT2D eigenvalue weighted by Crippen LogP contribution is 2.18. The van der Waals surface area contributed by atoms with Crippen molar-refractivity contribution in [2.75, 3.05) is 0 Å². The minimum Gasteiger partial charge on any atom is -0.503 e. The topological polar surface area (TPSA) is 53.1 Å². The Labute approximate surface area is 115 Å². The molecule has 0 aliphatic carbocycles. The first kappa shape index (κ1) is 12.2. The smallest absolute Gasteiger partial charge is 0.231 e. The zero-order chi connectivity index (χ0) is 13.9. The molecule has 3 heteroatoms. The molecule has 0 saturated heterocycles. The summed E-state index contributed by atoms with van der Waals surface area (Å²) in [6.45, 7) is 0. The van der Waals surface area contributed by atoms with E-state index in [2.05, 4.69) is 4.98 Å². The number of rotatable bonds is 2. The lowest BCUT2D eigenvalue weighted by Gasteiger charge is -2.03. The predicted molar refractivity (Wildman–Crippen MR) is 81.6 cm³/mol. The maximum absolute atomic E-state index is 12.1. The lowest BCUT2D eigenvalue weighted by molar-refractivity contribution is 0.467. The van der Waals surface area contributed by atoms with Gasteiger partial charge in [0.05, 0.1) is 5.69 Å². The maximum atomic E-state index is 12.1. The number of aromatic nitrogens is 1. The molecule has 3 nitrogen and oxygen atoms in total. The molecule has 0 fully saturated rings. The standard InChI is InChI=1S/C17H13NO2/c19-16-13-8-4-5-9-14(13)18-15(17(16)20)11-10-12-6-2-1-3-7-12/h1-11,20H,(H,18,19). The van der Waals surface area contributed by atoms with Crippen LogP contribution in [0.25, 0.3) is 23.1 Å². The van der Waals surface area contributed by atoms with E-state index >= 15 is 0 Å². The summed E-state index contributed by atoms with van der Waals surface area (Å²) in [4.78, 5) is 15.1. The average Bonchev–Trinajstić information content (AvgIpc) is 2.50. The number of fused-ring (bicyclic) bond motifs is 1. The largest absolute Gasteiger partial charge is 0.503 e. The van der Waals surface area contributed by atoms with Gasteiger partial charge in [-0.05, 0) is 23.8 Å². The quantitative estimate of drug-likeness (QED) is 0.744. The van der Waals surface area contributed by atoms with Gasteiger partial charge in [-0.25, -0.2) is 0 Å². The Morgan fingerprint density at radius 3 is 2.40 bits per heavy atom.